The summed E-state index contributed by atoms with van der Waals surface area (Å²) in [4.78, 5) is 23.1. The van der Waals surface area contributed by atoms with Crippen LogP contribution in [0.5, 0.6) is 0 Å². The van der Waals surface area contributed by atoms with Crippen LogP contribution in [0, 0.1) is 0 Å². The van der Waals surface area contributed by atoms with Crippen LogP contribution in [0.2, 0.25) is 0 Å². The number of benzene rings is 1. The van der Waals surface area contributed by atoms with Gasteiger partial charge in [-0.2, -0.15) is 0 Å². The van der Waals surface area contributed by atoms with E-state index >= 15 is 0 Å². The fourth-order valence-electron chi connectivity index (χ4n) is 1.77. The fourth-order valence-corrected chi connectivity index (χ4v) is 1.77. The molecule has 0 aliphatic carbocycles. The maximum Gasteiger partial charge on any atom is 0.408 e. The van der Waals surface area contributed by atoms with Gasteiger partial charge in [-0.1, -0.05) is 36.9 Å². The molecular formula is C17H23NO4. The largest absolute Gasteiger partial charge is 0.460 e. The summed E-state index contributed by atoms with van der Waals surface area (Å²) in [6.07, 6.45) is 1.08. The molecule has 120 valence electrons. The van der Waals surface area contributed by atoms with Crippen molar-refractivity contribution in [3.63, 3.8) is 0 Å². The molecule has 0 saturated heterocycles. The van der Waals surface area contributed by atoms with Gasteiger partial charge in [0.2, 0.25) is 0 Å². The Bertz CT molecular complexity index is 505. The fraction of sp³-hybridized carbons (Fsp3) is 0.412. The third kappa shape index (κ3) is 7.47. The monoisotopic (exact) mass is 305 g/mol. The van der Waals surface area contributed by atoms with E-state index in [2.05, 4.69) is 11.9 Å². The SMILES string of the molecule is C=CC(=O)OCC(Cc1ccccc1)NC(=O)OC(C)(C)C. The number of carbonyl (C=O) groups is 2. The molecular weight excluding hydrogens is 282 g/mol. The van der Waals surface area contributed by atoms with E-state index in [1.807, 2.05) is 30.3 Å². The van der Waals surface area contributed by atoms with Gasteiger partial charge in [0.15, 0.2) is 0 Å². The van der Waals surface area contributed by atoms with Gasteiger partial charge in [0, 0.05) is 6.08 Å². The van der Waals surface area contributed by atoms with Gasteiger partial charge in [0.05, 0.1) is 6.04 Å². The molecule has 5 heteroatoms. The van der Waals surface area contributed by atoms with E-state index < -0.39 is 17.7 Å². The molecule has 0 radical (unpaired) electrons. The smallest absolute Gasteiger partial charge is 0.408 e. The predicted molar refractivity (Wildman–Crippen MR) is 84.5 cm³/mol. The number of nitrogens with one attached hydrogen (secondary N) is 1. The minimum atomic E-state index is -0.584. The average molecular weight is 305 g/mol. The van der Waals surface area contributed by atoms with Crippen LogP contribution in [0.15, 0.2) is 43.0 Å². The van der Waals surface area contributed by atoms with Gasteiger partial charge in [-0.3, -0.25) is 0 Å². The second-order valence-corrected chi connectivity index (χ2v) is 5.87. The first-order chi connectivity index (χ1) is 10.3. The number of hydrogen-bond acceptors (Lipinski definition) is 4. The molecule has 1 rings (SSSR count). The van der Waals surface area contributed by atoms with Gasteiger partial charge < -0.3 is 14.8 Å². The molecule has 1 atom stereocenters. The van der Waals surface area contributed by atoms with E-state index in [1.54, 1.807) is 20.8 Å². The molecule has 0 aliphatic heterocycles. The molecule has 0 spiro atoms. The Kier molecular flexibility index (Phi) is 6.63. The van der Waals surface area contributed by atoms with E-state index in [0.29, 0.717) is 6.42 Å². The molecule has 0 aromatic heterocycles. The molecule has 0 bridgehead atoms. The molecule has 0 saturated carbocycles. The molecule has 1 N–H and O–H groups in total. The lowest BCUT2D eigenvalue weighted by molar-refractivity contribution is -0.138. The van der Waals surface area contributed by atoms with Crippen LogP contribution >= 0.6 is 0 Å². The summed E-state index contributed by atoms with van der Waals surface area (Å²) in [5.74, 6) is -0.524. The summed E-state index contributed by atoms with van der Waals surface area (Å²) in [6.45, 7) is 8.76. The molecule has 0 aliphatic rings. The third-order valence-corrected chi connectivity index (χ3v) is 2.64. The molecule has 22 heavy (non-hydrogen) atoms. The van der Waals surface area contributed by atoms with Crippen LogP contribution in [-0.4, -0.2) is 30.3 Å². The summed E-state index contributed by atoms with van der Waals surface area (Å²) in [5, 5.41) is 2.73. The van der Waals surface area contributed by atoms with Crippen LogP contribution in [0.3, 0.4) is 0 Å². The topological polar surface area (TPSA) is 64.6 Å². The molecule has 5 nitrogen and oxygen atoms in total. The molecule has 1 aromatic carbocycles. The quantitative estimate of drug-likeness (QED) is 0.648. The maximum atomic E-state index is 11.9. The summed E-state index contributed by atoms with van der Waals surface area (Å²) in [6, 6.07) is 9.25. The number of ether oxygens (including phenoxy) is 2. The highest BCUT2D eigenvalue weighted by molar-refractivity contribution is 5.81. The lowest BCUT2D eigenvalue weighted by Gasteiger charge is -2.23. The Morgan fingerprint density at radius 2 is 1.91 bits per heavy atom. The van der Waals surface area contributed by atoms with Gasteiger partial charge in [0.25, 0.3) is 0 Å². The van der Waals surface area contributed by atoms with E-state index in [0.717, 1.165) is 11.6 Å². The summed E-state index contributed by atoms with van der Waals surface area (Å²) in [7, 11) is 0. The second-order valence-electron chi connectivity index (χ2n) is 5.87. The van der Waals surface area contributed by atoms with Crippen LogP contribution in [-0.2, 0) is 20.7 Å². The van der Waals surface area contributed by atoms with E-state index in [-0.39, 0.29) is 12.6 Å². The zero-order valence-electron chi connectivity index (χ0n) is 13.3. The lowest BCUT2D eigenvalue weighted by Crippen LogP contribution is -2.43. The zero-order chi connectivity index (χ0) is 16.6. The first-order valence-corrected chi connectivity index (χ1v) is 7.13. The van der Waals surface area contributed by atoms with Crippen LogP contribution < -0.4 is 5.32 Å². The van der Waals surface area contributed by atoms with Crippen molar-refractivity contribution in [2.45, 2.75) is 38.8 Å². The highest BCUT2D eigenvalue weighted by atomic mass is 16.6. The van der Waals surface area contributed by atoms with Crippen molar-refractivity contribution < 1.29 is 19.1 Å². The molecule has 0 fully saturated rings. The number of hydrogen-bond donors (Lipinski definition) is 1. The van der Waals surface area contributed by atoms with Gasteiger partial charge in [-0.05, 0) is 32.8 Å². The van der Waals surface area contributed by atoms with Crippen LogP contribution in [0.4, 0.5) is 4.79 Å². The Balaban J connectivity index is 2.66. The first-order valence-electron chi connectivity index (χ1n) is 7.13. The lowest BCUT2D eigenvalue weighted by atomic mass is 10.1. The number of amides is 1. The van der Waals surface area contributed by atoms with Crippen LogP contribution in [0.1, 0.15) is 26.3 Å². The standard InChI is InChI=1S/C17H23NO4/c1-5-15(19)21-12-14(11-13-9-7-6-8-10-13)18-16(20)22-17(2,3)4/h5-10,14H,1,11-12H2,2-4H3,(H,18,20). The highest BCUT2D eigenvalue weighted by Gasteiger charge is 2.20. The minimum Gasteiger partial charge on any atom is -0.460 e. The highest BCUT2D eigenvalue weighted by Crippen LogP contribution is 2.09. The second kappa shape index (κ2) is 8.22. The Morgan fingerprint density at radius 1 is 1.27 bits per heavy atom. The number of esters is 1. The van der Waals surface area contributed by atoms with Gasteiger partial charge >= 0.3 is 12.1 Å². The normalized spacial score (nSPS) is 12.1. The number of alkyl carbamates (subject to hydrolysis) is 1. The molecule has 0 heterocycles. The van der Waals surface area contributed by atoms with Gasteiger partial charge in [-0.15, -0.1) is 0 Å². The van der Waals surface area contributed by atoms with E-state index in [9.17, 15) is 9.59 Å². The predicted octanol–water partition coefficient (Wildman–Crippen LogP) is 2.85. The molecule has 1 aromatic rings. The molecule has 1 unspecified atom stereocenters. The van der Waals surface area contributed by atoms with Gasteiger partial charge in [-0.25, -0.2) is 9.59 Å². The van der Waals surface area contributed by atoms with E-state index in [1.165, 1.54) is 0 Å². The van der Waals surface area contributed by atoms with Crippen LogP contribution in [0.25, 0.3) is 0 Å². The van der Waals surface area contributed by atoms with Crippen molar-refractivity contribution in [2.24, 2.45) is 0 Å². The number of carbonyl (C=O) groups excluding carboxylic acids is 2. The zero-order valence-corrected chi connectivity index (χ0v) is 13.3. The summed E-state index contributed by atoms with van der Waals surface area (Å²) < 4.78 is 10.3. The maximum absolute atomic E-state index is 11.9. The molecule has 1 amide bonds. The summed E-state index contributed by atoms with van der Waals surface area (Å²) >= 11 is 0. The van der Waals surface area contributed by atoms with E-state index in [4.69, 9.17) is 9.47 Å². The Hall–Kier alpha value is -2.30. The van der Waals surface area contributed by atoms with Crippen molar-refractivity contribution >= 4 is 12.1 Å². The first kappa shape index (κ1) is 17.8. The van der Waals surface area contributed by atoms with Crippen molar-refractivity contribution in [3.8, 4) is 0 Å². The Labute approximate surface area is 131 Å². The average Bonchev–Trinajstić information content (AvgIpc) is 2.43. The summed E-state index contributed by atoms with van der Waals surface area (Å²) in [5.41, 5.74) is 0.442. The number of rotatable bonds is 6. The van der Waals surface area contributed by atoms with Crippen molar-refractivity contribution in [1.29, 1.82) is 0 Å². The van der Waals surface area contributed by atoms with Crippen molar-refractivity contribution in [1.82, 2.24) is 5.32 Å². The van der Waals surface area contributed by atoms with Crippen molar-refractivity contribution in [2.75, 3.05) is 6.61 Å². The van der Waals surface area contributed by atoms with Crippen molar-refractivity contribution in [3.05, 3.63) is 48.6 Å². The Morgan fingerprint density at radius 3 is 2.45 bits per heavy atom. The third-order valence-electron chi connectivity index (χ3n) is 2.64. The van der Waals surface area contributed by atoms with Gasteiger partial charge in [0.1, 0.15) is 12.2 Å². The minimum absolute atomic E-state index is 0.0546.